The van der Waals surface area contributed by atoms with Crippen LogP contribution >= 0.6 is 11.6 Å². The SMILES string of the molecule is CCN(CC)C(=O)C1CCCN(c2cc(-c3c(N)nn4cc(Cl)cnc34)ncn2)C1. The van der Waals surface area contributed by atoms with Gasteiger partial charge in [0, 0.05) is 38.4 Å². The van der Waals surface area contributed by atoms with Gasteiger partial charge in [-0.2, -0.15) is 0 Å². The van der Waals surface area contributed by atoms with Gasteiger partial charge in [0.05, 0.1) is 28.4 Å². The zero-order chi connectivity index (χ0) is 21.3. The average molecular weight is 429 g/mol. The molecule has 158 valence electrons. The van der Waals surface area contributed by atoms with E-state index >= 15 is 0 Å². The van der Waals surface area contributed by atoms with E-state index < -0.39 is 0 Å². The number of hydrogen-bond acceptors (Lipinski definition) is 7. The topological polar surface area (TPSA) is 106 Å². The number of carbonyl (C=O) groups excluding carboxylic acids is 1. The highest BCUT2D eigenvalue weighted by Crippen LogP contribution is 2.31. The summed E-state index contributed by atoms with van der Waals surface area (Å²) in [7, 11) is 0. The maximum atomic E-state index is 12.8. The van der Waals surface area contributed by atoms with Gasteiger partial charge in [-0.1, -0.05) is 11.6 Å². The minimum absolute atomic E-state index is 0.0251. The van der Waals surface area contributed by atoms with E-state index in [1.54, 1.807) is 16.9 Å². The standard InChI is InChI=1S/C20H25ClN8O/c1-3-27(4-2)20(30)13-6-5-7-28(10-13)16-8-15(24-12-25-16)17-18(22)26-29-11-14(21)9-23-19(17)29/h8-9,11-13H,3-7,10H2,1-2H3,(H2,22,26). The Morgan fingerprint density at radius 1 is 1.30 bits per heavy atom. The normalized spacial score (nSPS) is 16.8. The van der Waals surface area contributed by atoms with Crippen molar-refractivity contribution in [2.24, 2.45) is 5.92 Å². The van der Waals surface area contributed by atoms with E-state index in [9.17, 15) is 4.79 Å². The lowest BCUT2D eigenvalue weighted by molar-refractivity contribution is -0.135. The minimum atomic E-state index is -0.0251. The van der Waals surface area contributed by atoms with Crippen LogP contribution in [0.1, 0.15) is 26.7 Å². The largest absolute Gasteiger partial charge is 0.382 e. The van der Waals surface area contributed by atoms with Crippen molar-refractivity contribution in [3.05, 3.63) is 29.8 Å². The van der Waals surface area contributed by atoms with Crippen LogP contribution in [-0.2, 0) is 4.79 Å². The number of amides is 1. The van der Waals surface area contributed by atoms with Gasteiger partial charge < -0.3 is 15.5 Å². The Morgan fingerprint density at radius 2 is 2.10 bits per heavy atom. The molecule has 0 saturated carbocycles. The van der Waals surface area contributed by atoms with Crippen molar-refractivity contribution in [2.75, 3.05) is 36.8 Å². The summed E-state index contributed by atoms with van der Waals surface area (Å²) in [5, 5.41) is 4.76. The number of aromatic nitrogens is 5. The van der Waals surface area contributed by atoms with Crippen LogP contribution < -0.4 is 10.6 Å². The number of nitrogen functional groups attached to an aromatic ring is 1. The molecule has 0 aromatic carbocycles. The predicted octanol–water partition coefficient (Wildman–Crippen LogP) is 2.51. The van der Waals surface area contributed by atoms with E-state index in [0.717, 1.165) is 38.3 Å². The molecule has 0 aliphatic carbocycles. The van der Waals surface area contributed by atoms with Gasteiger partial charge in [-0.25, -0.2) is 19.5 Å². The van der Waals surface area contributed by atoms with E-state index in [1.165, 1.54) is 6.33 Å². The van der Waals surface area contributed by atoms with Crippen molar-refractivity contribution in [2.45, 2.75) is 26.7 Å². The average Bonchev–Trinajstić information content (AvgIpc) is 3.09. The number of nitrogens with zero attached hydrogens (tertiary/aromatic N) is 7. The van der Waals surface area contributed by atoms with Crippen LogP contribution in [-0.4, -0.2) is 61.6 Å². The summed E-state index contributed by atoms with van der Waals surface area (Å²) in [4.78, 5) is 30.1. The molecule has 0 bridgehead atoms. The zero-order valence-corrected chi connectivity index (χ0v) is 17.9. The maximum absolute atomic E-state index is 12.8. The number of carbonyl (C=O) groups is 1. The molecule has 4 heterocycles. The molecule has 30 heavy (non-hydrogen) atoms. The number of anilines is 2. The molecule has 1 unspecified atom stereocenters. The number of fused-ring (bicyclic) bond motifs is 1. The summed E-state index contributed by atoms with van der Waals surface area (Å²) in [6, 6.07) is 1.88. The predicted molar refractivity (Wildman–Crippen MR) is 116 cm³/mol. The fourth-order valence-electron chi connectivity index (χ4n) is 4.01. The second-order valence-electron chi connectivity index (χ2n) is 7.36. The second-order valence-corrected chi connectivity index (χ2v) is 7.79. The number of piperidine rings is 1. The molecule has 1 amide bonds. The first-order valence-electron chi connectivity index (χ1n) is 10.2. The first-order chi connectivity index (χ1) is 14.5. The second kappa shape index (κ2) is 8.43. The Labute approximate surface area is 179 Å². The molecular formula is C20H25ClN8O. The summed E-state index contributed by atoms with van der Waals surface area (Å²) in [5.74, 6) is 1.28. The Bertz CT molecular complexity index is 1060. The molecule has 0 radical (unpaired) electrons. The van der Waals surface area contributed by atoms with Gasteiger partial charge in [0.25, 0.3) is 0 Å². The Morgan fingerprint density at radius 3 is 2.87 bits per heavy atom. The fraction of sp³-hybridized carbons (Fsp3) is 0.450. The van der Waals surface area contributed by atoms with Gasteiger partial charge in [-0.3, -0.25) is 4.79 Å². The van der Waals surface area contributed by atoms with Crippen LogP contribution in [0.15, 0.2) is 24.8 Å². The van der Waals surface area contributed by atoms with E-state index in [2.05, 4.69) is 25.0 Å². The third kappa shape index (κ3) is 3.77. The first-order valence-corrected chi connectivity index (χ1v) is 10.5. The number of halogens is 1. The van der Waals surface area contributed by atoms with Crippen LogP contribution in [0, 0.1) is 5.92 Å². The number of hydrogen-bond donors (Lipinski definition) is 1. The van der Waals surface area contributed by atoms with Gasteiger partial charge in [0.15, 0.2) is 11.5 Å². The van der Waals surface area contributed by atoms with Crippen molar-refractivity contribution in [1.29, 1.82) is 0 Å². The fourth-order valence-corrected chi connectivity index (χ4v) is 4.15. The quantitative estimate of drug-likeness (QED) is 0.665. The smallest absolute Gasteiger partial charge is 0.227 e. The molecule has 1 saturated heterocycles. The zero-order valence-electron chi connectivity index (χ0n) is 17.1. The van der Waals surface area contributed by atoms with Gasteiger partial charge in [-0.05, 0) is 26.7 Å². The number of rotatable bonds is 5. The summed E-state index contributed by atoms with van der Waals surface area (Å²) >= 11 is 6.01. The van der Waals surface area contributed by atoms with Gasteiger partial charge in [-0.15, -0.1) is 5.10 Å². The van der Waals surface area contributed by atoms with Crippen LogP contribution in [0.2, 0.25) is 5.02 Å². The monoisotopic (exact) mass is 428 g/mol. The number of nitrogens with two attached hydrogens (primary N) is 1. The molecule has 1 atom stereocenters. The minimum Gasteiger partial charge on any atom is -0.382 e. The lowest BCUT2D eigenvalue weighted by Gasteiger charge is -2.35. The highest BCUT2D eigenvalue weighted by atomic mass is 35.5. The summed E-state index contributed by atoms with van der Waals surface area (Å²) < 4.78 is 1.55. The lowest BCUT2D eigenvalue weighted by atomic mass is 9.96. The van der Waals surface area contributed by atoms with E-state index in [-0.39, 0.29) is 11.8 Å². The van der Waals surface area contributed by atoms with Crippen LogP contribution in [0.25, 0.3) is 16.9 Å². The highest BCUT2D eigenvalue weighted by molar-refractivity contribution is 6.30. The van der Waals surface area contributed by atoms with Crippen molar-refractivity contribution in [1.82, 2.24) is 29.5 Å². The Kier molecular flexibility index (Phi) is 5.72. The van der Waals surface area contributed by atoms with Crippen LogP contribution in [0.3, 0.4) is 0 Å². The molecule has 3 aromatic rings. The van der Waals surface area contributed by atoms with Crippen molar-refractivity contribution in [3.63, 3.8) is 0 Å². The third-order valence-electron chi connectivity index (χ3n) is 5.55. The maximum Gasteiger partial charge on any atom is 0.227 e. The molecule has 1 aliphatic heterocycles. The molecule has 3 aromatic heterocycles. The van der Waals surface area contributed by atoms with E-state index in [4.69, 9.17) is 17.3 Å². The van der Waals surface area contributed by atoms with Crippen LogP contribution in [0.5, 0.6) is 0 Å². The van der Waals surface area contributed by atoms with Crippen molar-refractivity contribution < 1.29 is 4.79 Å². The molecule has 0 spiro atoms. The van der Waals surface area contributed by atoms with E-state index in [1.807, 2.05) is 24.8 Å². The molecule has 2 N–H and O–H groups in total. The molecule has 10 heteroatoms. The molecule has 1 fully saturated rings. The molecule has 4 rings (SSSR count). The Hall–Kier alpha value is -2.94. The van der Waals surface area contributed by atoms with E-state index in [0.29, 0.717) is 34.3 Å². The third-order valence-corrected chi connectivity index (χ3v) is 5.74. The summed E-state index contributed by atoms with van der Waals surface area (Å²) in [5.41, 5.74) is 8.01. The van der Waals surface area contributed by atoms with Crippen LogP contribution in [0.4, 0.5) is 11.6 Å². The first kappa shape index (κ1) is 20.3. The molecule has 1 aliphatic rings. The molecule has 9 nitrogen and oxygen atoms in total. The molecular weight excluding hydrogens is 404 g/mol. The highest BCUT2D eigenvalue weighted by Gasteiger charge is 2.29. The van der Waals surface area contributed by atoms with Crippen molar-refractivity contribution in [3.8, 4) is 11.3 Å². The van der Waals surface area contributed by atoms with Crippen molar-refractivity contribution >= 4 is 34.8 Å². The summed E-state index contributed by atoms with van der Waals surface area (Å²) in [6.45, 7) is 6.98. The van der Waals surface area contributed by atoms with Gasteiger partial charge >= 0.3 is 0 Å². The van der Waals surface area contributed by atoms with Gasteiger partial charge in [0.1, 0.15) is 12.1 Å². The van der Waals surface area contributed by atoms with Gasteiger partial charge in [0.2, 0.25) is 5.91 Å². The lowest BCUT2D eigenvalue weighted by Crippen LogP contribution is -2.45. The summed E-state index contributed by atoms with van der Waals surface area (Å²) in [6.07, 6.45) is 6.56. The Balaban J connectivity index is 1.63.